The fraction of sp³-hybridized carbons (Fsp3) is 1.00. The van der Waals surface area contributed by atoms with Gasteiger partial charge in [-0.05, 0) is 18.3 Å². The summed E-state index contributed by atoms with van der Waals surface area (Å²) in [6.07, 6.45) is 7.99. The zero-order valence-corrected chi connectivity index (χ0v) is 11.0. The van der Waals surface area contributed by atoms with E-state index in [4.69, 9.17) is 0 Å². The van der Waals surface area contributed by atoms with Crippen LogP contribution >= 0.6 is 0 Å². The van der Waals surface area contributed by atoms with Gasteiger partial charge >= 0.3 is 0 Å². The lowest BCUT2D eigenvalue weighted by molar-refractivity contribution is 0.0819. The monoisotopic (exact) mass is 232 g/mol. The van der Waals surface area contributed by atoms with Crippen LogP contribution in [0.1, 0.15) is 72.1 Å². The third-order valence-electron chi connectivity index (χ3n) is 4.18. The topological polar surface area (TPSA) is 0 Å². The van der Waals surface area contributed by atoms with Gasteiger partial charge in [-0.15, -0.1) is 0 Å². The zero-order chi connectivity index (χ0) is 12.2. The molecule has 2 unspecified atom stereocenters. The van der Waals surface area contributed by atoms with Gasteiger partial charge in [-0.2, -0.15) is 0 Å². The molecule has 2 heteroatoms. The van der Waals surface area contributed by atoms with E-state index in [1.807, 2.05) is 0 Å². The van der Waals surface area contributed by atoms with E-state index >= 15 is 0 Å². The lowest BCUT2D eigenvalue weighted by atomic mass is 9.77. The third-order valence-corrected chi connectivity index (χ3v) is 4.18. The molecule has 0 aromatic rings. The smallest absolute Gasteiger partial charge is 0.207 e. The molecule has 0 radical (unpaired) electrons. The van der Waals surface area contributed by atoms with E-state index in [-0.39, 0.29) is 17.8 Å². The predicted molar refractivity (Wildman–Crippen MR) is 64.8 cm³/mol. The second kappa shape index (κ2) is 5.46. The summed E-state index contributed by atoms with van der Waals surface area (Å²) in [6.45, 7) is 6.53. The van der Waals surface area contributed by atoms with E-state index in [9.17, 15) is 8.78 Å². The van der Waals surface area contributed by atoms with E-state index in [1.54, 1.807) is 0 Å². The van der Waals surface area contributed by atoms with Gasteiger partial charge in [-0.25, -0.2) is 8.78 Å². The number of rotatable bonds is 8. The minimum absolute atomic E-state index is 0.136. The molecule has 0 aromatic carbocycles. The van der Waals surface area contributed by atoms with Crippen molar-refractivity contribution < 1.29 is 8.78 Å². The highest BCUT2D eigenvalue weighted by molar-refractivity contribution is 4.98. The maximum Gasteiger partial charge on any atom is 0.251 e. The molecule has 0 spiro atoms. The first kappa shape index (κ1) is 13.9. The molecule has 1 rings (SSSR count). The summed E-state index contributed by atoms with van der Waals surface area (Å²) < 4.78 is 25.8. The molecule has 96 valence electrons. The lowest BCUT2D eigenvalue weighted by Gasteiger charge is -2.28. The SMILES string of the molecule is CCCCCCC(C)(CC)CC1CC1(F)F. The van der Waals surface area contributed by atoms with Crippen LogP contribution in [0.15, 0.2) is 0 Å². The van der Waals surface area contributed by atoms with Crippen molar-refractivity contribution in [1.82, 2.24) is 0 Å². The van der Waals surface area contributed by atoms with Crippen LogP contribution in [-0.2, 0) is 0 Å². The first-order valence-corrected chi connectivity index (χ1v) is 6.81. The Kier molecular flexibility index (Phi) is 4.75. The van der Waals surface area contributed by atoms with Gasteiger partial charge in [0.2, 0.25) is 0 Å². The van der Waals surface area contributed by atoms with Crippen molar-refractivity contribution in [3.8, 4) is 0 Å². The largest absolute Gasteiger partial charge is 0.251 e. The quantitative estimate of drug-likeness (QED) is 0.490. The number of hydrogen-bond acceptors (Lipinski definition) is 0. The average Bonchev–Trinajstić information content (AvgIpc) is 2.81. The molecule has 0 bridgehead atoms. The van der Waals surface area contributed by atoms with E-state index in [0.29, 0.717) is 0 Å². The fourth-order valence-corrected chi connectivity index (χ4v) is 2.49. The molecule has 2 atom stereocenters. The van der Waals surface area contributed by atoms with Crippen LogP contribution in [0.4, 0.5) is 8.78 Å². The van der Waals surface area contributed by atoms with E-state index in [1.165, 1.54) is 25.7 Å². The molecule has 1 aliphatic carbocycles. The van der Waals surface area contributed by atoms with Crippen LogP contribution in [0.5, 0.6) is 0 Å². The summed E-state index contributed by atoms with van der Waals surface area (Å²) in [5, 5.41) is 0. The highest BCUT2D eigenvalue weighted by Crippen LogP contribution is 2.55. The van der Waals surface area contributed by atoms with Gasteiger partial charge in [0.15, 0.2) is 0 Å². The second-order valence-corrected chi connectivity index (χ2v) is 5.84. The van der Waals surface area contributed by atoms with E-state index in [2.05, 4.69) is 20.8 Å². The zero-order valence-electron chi connectivity index (χ0n) is 11.0. The second-order valence-electron chi connectivity index (χ2n) is 5.84. The van der Waals surface area contributed by atoms with E-state index in [0.717, 1.165) is 19.3 Å². The highest BCUT2D eigenvalue weighted by atomic mass is 19.3. The molecule has 0 amide bonds. The van der Waals surface area contributed by atoms with Crippen LogP contribution < -0.4 is 0 Å². The Bertz CT molecular complexity index is 213. The third kappa shape index (κ3) is 4.03. The summed E-state index contributed by atoms with van der Waals surface area (Å²) >= 11 is 0. The molecule has 0 saturated heterocycles. The molecule has 0 N–H and O–H groups in total. The van der Waals surface area contributed by atoms with Gasteiger partial charge in [0, 0.05) is 12.3 Å². The summed E-state index contributed by atoms with van der Waals surface area (Å²) in [6, 6.07) is 0. The molecule has 0 aromatic heterocycles. The summed E-state index contributed by atoms with van der Waals surface area (Å²) in [5.74, 6) is -2.65. The summed E-state index contributed by atoms with van der Waals surface area (Å²) in [5.41, 5.74) is 0.151. The molecule has 0 aliphatic heterocycles. The normalized spacial score (nSPS) is 26.4. The summed E-state index contributed by atoms with van der Waals surface area (Å²) in [4.78, 5) is 0. The molecule has 0 heterocycles. The van der Waals surface area contributed by atoms with Gasteiger partial charge in [0.05, 0.1) is 0 Å². The maximum absolute atomic E-state index is 12.9. The first-order chi connectivity index (χ1) is 7.43. The van der Waals surface area contributed by atoms with Gasteiger partial charge in [-0.1, -0.05) is 52.9 Å². The molecule has 1 saturated carbocycles. The minimum Gasteiger partial charge on any atom is -0.207 e. The maximum atomic E-state index is 12.9. The van der Waals surface area contributed by atoms with Crippen molar-refractivity contribution in [1.29, 1.82) is 0 Å². The fourth-order valence-electron chi connectivity index (χ4n) is 2.49. The Hall–Kier alpha value is -0.140. The number of hydrogen-bond donors (Lipinski definition) is 0. The molecule has 0 nitrogen and oxygen atoms in total. The Morgan fingerprint density at radius 3 is 2.25 bits per heavy atom. The van der Waals surface area contributed by atoms with E-state index < -0.39 is 5.92 Å². The molecular formula is C14H26F2. The lowest BCUT2D eigenvalue weighted by Crippen LogP contribution is -2.17. The first-order valence-electron chi connectivity index (χ1n) is 6.81. The van der Waals surface area contributed by atoms with Crippen LogP contribution in [0.25, 0.3) is 0 Å². The Labute approximate surface area is 98.8 Å². The van der Waals surface area contributed by atoms with Crippen molar-refractivity contribution >= 4 is 0 Å². The Morgan fingerprint density at radius 1 is 1.19 bits per heavy atom. The Morgan fingerprint density at radius 2 is 1.81 bits per heavy atom. The molecule has 16 heavy (non-hydrogen) atoms. The average molecular weight is 232 g/mol. The van der Waals surface area contributed by atoms with Gasteiger partial charge in [0.25, 0.3) is 5.92 Å². The van der Waals surface area contributed by atoms with Crippen molar-refractivity contribution in [2.45, 2.75) is 78.1 Å². The molecular weight excluding hydrogens is 206 g/mol. The highest BCUT2D eigenvalue weighted by Gasteiger charge is 2.57. The minimum atomic E-state index is -2.33. The van der Waals surface area contributed by atoms with Crippen molar-refractivity contribution in [3.05, 3.63) is 0 Å². The van der Waals surface area contributed by atoms with Crippen LogP contribution in [0, 0.1) is 11.3 Å². The van der Waals surface area contributed by atoms with Crippen molar-refractivity contribution in [2.75, 3.05) is 0 Å². The van der Waals surface area contributed by atoms with Crippen molar-refractivity contribution in [3.63, 3.8) is 0 Å². The predicted octanol–water partition coefficient (Wildman–Crippen LogP) is 5.42. The number of halogens is 2. The van der Waals surface area contributed by atoms with Gasteiger partial charge in [-0.3, -0.25) is 0 Å². The van der Waals surface area contributed by atoms with Crippen LogP contribution in [0.3, 0.4) is 0 Å². The van der Waals surface area contributed by atoms with Crippen molar-refractivity contribution in [2.24, 2.45) is 11.3 Å². The van der Waals surface area contributed by atoms with Gasteiger partial charge < -0.3 is 0 Å². The van der Waals surface area contributed by atoms with Gasteiger partial charge in [0.1, 0.15) is 0 Å². The van der Waals surface area contributed by atoms with Crippen LogP contribution in [0.2, 0.25) is 0 Å². The van der Waals surface area contributed by atoms with Crippen LogP contribution in [-0.4, -0.2) is 5.92 Å². The molecule has 1 aliphatic rings. The molecule has 1 fully saturated rings. The Balaban J connectivity index is 2.27. The number of alkyl halides is 2. The summed E-state index contributed by atoms with van der Waals surface area (Å²) in [7, 11) is 0. The standard InChI is InChI=1S/C14H26F2/c1-4-6-7-8-9-13(3,5-2)10-12-11-14(12,15)16/h12H,4-11H2,1-3H3. The number of unbranched alkanes of at least 4 members (excludes halogenated alkanes) is 3.